The fraction of sp³-hybridized carbons (Fsp3) is 0.500. The first-order valence-electron chi connectivity index (χ1n) is 2.50. The minimum Gasteiger partial charge on any atom is -0.343 e. The summed E-state index contributed by atoms with van der Waals surface area (Å²) in [5, 5.41) is 0. The number of carbonyl (C=O) groups excluding carboxylic acids is 1. The molecule has 0 bridgehead atoms. The molecular formula is C6H14MgOSi. The Morgan fingerprint density at radius 2 is 1.33 bits per heavy atom. The fourth-order valence-electron chi connectivity index (χ4n) is 0. The van der Waals surface area contributed by atoms with Crippen LogP contribution in [-0.4, -0.2) is 37.4 Å². The first kappa shape index (κ1) is 16.3. The Morgan fingerprint density at radius 3 is 1.33 bits per heavy atom. The van der Waals surface area contributed by atoms with E-state index in [1.807, 2.05) is 0 Å². The maximum absolute atomic E-state index is 8.69. The van der Waals surface area contributed by atoms with Crippen molar-refractivity contribution in [3.05, 3.63) is 13.5 Å². The Kier molecular flexibility index (Phi) is 15.4. The molecule has 50 valence electrons. The summed E-state index contributed by atoms with van der Waals surface area (Å²) in [4.78, 5) is 8.69. The van der Waals surface area contributed by atoms with Crippen molar-refractivity contribution in [2.24, 2.45) is 0 Å². The summed E-state index contributed by atoms with van der Waals surface area (Å²) in [5.41, 5.74) is 0. The topological polar surface area (TPSA) is 17.1 Å². The monoisotopic (exact) mass is 154 g/mol. The van der Waals surface area contributed by atoms with Crippen molar-refractivity contribution in [3.63, 3.8) is 0 Å². The van der Waals surface area contributed by atoms with Gasteiger partial charge in [-0.2, -0.15) is 0 Å². The zero-order valence-electron chi connectivity index (χ0n) is 6.61. The Bertz CT molecular complexity index is 52.6. The molecule has 0 heterocycles. The molecular weight excluding hydrogens is 140 g/mol. The van der Waals surface area contributed by atoms with Crippen molar-refractivity contribution < 1.29 is 4.79 Å². The van der Waals surface area contributed by atoms with Gasteiger partial charge in [-0.05, 0) is 6.29 Å². The van der Waals surface area contributed by atoms with Crippen LogP contribution in [0.4, 0.5) is 0 Å². The maximum atomic E-state index is 8.69. The molecule has 0 aliphatic rings. The van der Waals surface area contributed by atoms with Crippen LogP contribution in [0.5, 0.6) is 0 Å². The molecule has 0 fully saturated rings. The molecule has 1 nitrogen and oxygen atoms in total. The summed E-state index contributed by atoms with van der Waals surface area (Å²) in [6.07, 6.45) is 0.500. The molecule has 0 spiro atoms. The number of hydrogen-bond donors (Lipinski definition) is 0. The first-order valence-corrected chi connectivity index (χ1v) is 6.20. The molecule has 0 aromatic carbocycles. The van der Waals surface area contributed by atoms with Crippen LogP contribution >= 0.6 is 0 Å². The van der Waals surface area contributed by atoms with Crippen molar-refractivity contribution in [3.8, 4) is 0 Å². The third-order valence-corrected chi connectivity index (χ3v) is 0. The maximum Gasteiger partial charge on any atom is 2.00 e. The molecule has 0 radical (unpaired) electrons. The van der Waals surface area contributed by atoms with Crippen LogP contribution < -0.4 is 0 Å². The van der Waals surface area contributed by atoms with E-state index in [4.69, 9.17) is 4.79 Å². The molecule has 0 unspecified atom stereocenters. The van der Waals surface area contributed by atoms with E-state index in [1.54, 1.807) is 0 Å². The van der Waals surface area contributed by atoms with Gasteiger partial charge in [-0.3, -0.25) is 0 Å². The van der Waals surface area contributed by atoms with Crippen LogP contribution in [-0.2, 0) is 4.79 Å². The van der Waals surface area contributed by atoms with Gasteiger partial charge in [0.15, 0.2) is 0 Å². The number of rotatable bonds is 0. The van der Waals surface area contributed by atoms with Crippen LogP contribution in [0.1, 0.15) is 0 Å². The molecule has 0 atom stereocenters. The van der Waals surface area contributed by atoms with Gasteiger partial charge in [-0.25, -0.2) is 0 Å². The van der Waals surface area contributed by atoms with E-state index in [-0.39, 0.29) is 23.1 Å². The van der Waals surface area contributed by atoms with Crippen molar-refractivity contribution >= 4 is 37.4 Å². The predicted molar refractivity (Wildman–Crippen MR) is 45.9 cm³/mol. The van der Waals surface area contributed by atoms with E-state index in [1.165, 1.54) is 0 Å². The quantitative estimate of drug-likeness (QED) is 0.292. The molecule has 9 heavy (non-hydrogen) atoms. The van der Waals surface area contributed by atoms with Crippen LogP contribution in [0.3, 0.4) is 0 Å². The van der Waals surface area contributed by atoms with Gasteiger partial charge in [0.25, 0.3) is 0 Å². The molecule has 0 saturated carbocycles. The molecule has 3 heteroatoms. The van der Waals surface area contributed by atoms with Crippen molar-refractivity contribution in [2.75, 3.05) is 0 Å². The molecule has 0 aliphatic heterocycles. The Morgan fingerprint density at radius 1 is 1.33 bits per heavy atom. The third-order valence-electron chi connectivity index (χ3n) is 0. The Labute approximate surface area is 75.4 Å². The SMILES string of the molecule is [CH2-]C=O.[CH2-][Si](C)(C)C.[Mg+2]. The zero-order valence-corrected chi connectivity index (χ0v) is 9.02. The zero-order chi connectivity index (χ0) is 7.21. The van der Waals surface area contributed by atoms with E-state index in [2.05, 4.69) is 33.1 Å². The molecule has 0 saturated heterocycles. The first-order chi connectivity index (χ1) is 3.41. The predicted octanol–water partition coefficient (Wildman–Crippen LogP) is 1.34. The molecule has 0 aromatic heterocycles. The van der Waals surface area contributed by atoms with Gasteiger partial charge in [0.1, 0.15) is 0 Å². The van der Waals surface area contributed by atoms with Gasteiger partial charge >= 0.3 is 23.1 Å². The van der Waals surface area contributed by atoms with E-state index in [0.29, 0.717) is 6.29 Å². The molecule has 0 N–H and O–H groups in total. The summed E-state index contributed by atoms with van der Waals surface area (Å²) >= 11 is 0. The van der Waals surface area contributed by atoms with E-state index < -0.39 is 8.07 Å². The summed E-state index contributed by atoms with van der Waals surface area (Å²) in [5.74, 6) is 0. The van der Waals surface area contributed by atoms with Crippen molar-refractivity contribution in [1.82, 2.24) is 0 Å². The van der Waals surface area contributed by atoms with Crippen LogP contribution in [0.25, 0.3) is 0 Å². The average molecular weight is 155 g/mol. The second-order valence-electron chi connectivity index (χ2n) is 2.73. The van der Waals surface area contributed by atoms with E-state index >= 15 is 0 Å². The molecule has 0 rings (SSSR count). The smallest absolute Gasteiger partial charge is 0.343 e. The summed E-state index contributed by atoms with van der Waals surface area (Å²) < 4.78 is 0. The molecule has 0 aromatic rings. The van der Waals surface area contributed by atoms with Gasteiger partial charge in [0.05, 0.1) is 0 Å². The van der Waals surface area contributed by atoms with E-state index in [0.717, 1.165) is 0 Å². The average Bonchev–Trinajstić information content (AvgIpc) is 1.27. The minimum absolute atomic E-state index is 0. The fourth-order valence-corrected chi connectivity index (χ4v) is 0. The Balaban J connectivity index is -0.0000000800. The largest absolute Gasteiger partial charge is 2.00 e. The second-order valence-corrected chi connectivity index (χ2v) is 7.85. The standard InChI is InChI=1S/C4H11Si.C2H3O.Mg/c1-5(2,3)4;1-2-3;/h1H2,2-4H3;2H,1H2;/q2*-1;+2. The normalized spacial score (nSPS) is 8.00. The van der Waals surface area contributed by atoms with Crippen molar-refractivity contribution in [1.29, 1.82) is 0 Å². The number of hydrogen-bond acceptors (Lipinski definition) is 1. The summed E-state index contributed by atoms with van der Waals surface area (Å²) in [7, 11) is -0.861. The molecule has 0 aliphatic carbocycles. The van der Waals surface area contributed by atoms with Crippen LogP contribution in [0, 0.1) is 13.5 Å². The summed E-state index contributed by atoms with van der Waals surface area (Å²) in [6, 6.07) is 0. The van der Waals surface area contributed by atoms with E-state index in [9.17, 15) is 0 Å². The van der Waals surface area contributed by atoms with Gasteiger partial charge in [0.2, 0.25) is 0 Å². The van der Waals surface area contributed by atoms with Gasteiger partial charge in [0, 0.05) is 0 Å². The van der Waals surface area contributed by atoms with Gasteiger partial charge in [-0.15, -0.1) is 8.07 Å². The summed E-state index contributed by atoms with van der Waals surface area (Å²) in [6.45, 7) is 13.4. The number of aldehydes is 1. The van der Waals surface area contributed by atoms with Crippen LogP contribution in [0.2, 0.25) is 19.6 Å². The van der Waals surface area contributed by atoms with Gasteiger partial charge < -0.3 is 18.3 Å². The Hall–Kier alpha value is 0.523. The third kappa shape index (κ3) is 1330. The number of carbonyl (C=O) groups is 1. The minimum atomic E-state index is -0.861. The molecule has 0 amide bonds. The second kappa shape index (κ2) is 8.52. The van der Waals surface area contributed by atoms with Gasteiger partial charge in [-0.1, -0.05) is 19.6 Å². The van der Waals surface area contributed by atoms with Crippen LogP contribution in [0.15, 0.2) is 0 Å². The van der Waals surface area contributed by atoms with Crippen molar-refractivity contribution in [2.45, 2.75) is 19.6 Å².